The minimum atomic E-state index is -0.963. The molecule has 19 heavy (non-hydrogen) atoms. The van der Waals surface area contributed by atoms with Crippen LogP contribution in [0.3, 0.4) is 0 Å². The summed E-state index contributed by atoms with van der Waals surface area (Å²) in [5.41, 5.74) is 0. The number of hydrogen-bond donors (Lipinski definition) is 1. The van der Waals surface area contributed by atoms with Crippen molar-refractivity contribution in [3.05, 3.63) is 12.7 Å². The Hall–Kier alpha value is -1.21. The van der Waals surface area contributed by atoms with Crippen LogP contribution in [0.4, 0.5) is 4.79 Å². The zero-order chi connectivity index (χ0) is 14.4. The van der Waals surface area contributed by atoms with Crippen LogP contribution in [0, 0.1) is 0 Å². The molecule has 1 saturated heterocycles. The molecule has 2 amide bonds. The Morgan fingerprint density at radius 3 is 2.84 bits per heavy atom. The Bertz CT molecular complexity index is 351. The molecule has 0 aromatic heterocycles. The number of carboxylic acids is 1. The highest BCUT2D eigenvalue weighted by atomic mass is 32.2. The summed E-state index contributed by atoms with van der Waals surface area (Å²) in [6.45, 7) is 6.66. The van der Waals surface area contributed by atoms with Gasteiger partial charge in [-0.15, -0.1) is 18.3 Å². The lowest BCUT2D eigenvalue weighted by Crippen LogP contribution is -2.51. The first-order chi connectivity index (χ1) is 9.02. The predicted octanol–water partition coefficient (Wildman–Crippen LogP) is 1.09. The average molecular weight is 288 g/mol. The number of nitrogens with zero attached hydrogens (tertiary/aromatic N) is 2. The first-order valence-corrected chi connectivity index (χ1v) is 7.09. The first kappa shape index (κ1) is 15.8. The second-order valence-electron chi connectivity index (χ2n) is 4.20. The lowest BCUT2D eigenvalue weighted by molar-refractivity contribution is -0.141. The molecule has 108 valence electrons. The van der Waals surface area contributed by atoms with Crippen LogP contribution >= 0.6 is 11.8 Å². The normalized spacial score (nSPS) is 22.3. The number of thioether (sulfide) groups is 1. The number of amides is 2. The fourth-order valence-electron chi connectivity index (χ4n) is 1.91. The number of ether oxygens (including phenoxy) is 1. The Morgan fingerprint density at radius 1 is 1.63 bits per heavy atom. The van der Waals surface area contributed by atoms with E-state index in [-0.39, 0.29) is 11.4 Å². The van der Waals surface area contributed by atoms with Gasteiger partial charge < -0.3 is 14.7 Å². The van der Waals surface area contributed by atoms with Gasteiger partial charge in [0.1, 0.15) is 6.04 Å². The number of methoxy groups -OCH3 is 1. The van der Waals surface area contributed by atoms with Crippen LogP contribution in [0.1, 0.15) is 6.92 Å². The number of carbonyl (C=O) groups excluding carboxylic acids is 1. The molecule has 0 saturated carbocycles. The molecule has 1 N–H and O–H groups in total. The Balaban J connectivity index is 2.80. The van der Waals surface area contributed by atoms with Crippen LogP contribution in [-0.4, -0.2) is 70.9 Å². The van der Waals surface area contributed by atoms with Gasteiger partial charge in [0.2, 0.25) is 0 Å². The molecule has 0 radical (unpaired) electrons. The maximum absolute atomic E-state index is 12.4. The molecule has 2 unspecified atom stereocenters. The fraction of sp³-hybridized carbons (Fsp3) is 0.667. The van der Waals surface area contributed by atoms with Gasteiger partial charge in [-0.05, 0) is 6.92 Å². The zero-order valence-electron chi connectivity index (χ0n) is 11.2. The number of hydrogen-bond acceptors (Lipinski definition) is 4. The molecule has 1 aliphatic heterocycles. The maximum atomic E-state index is 12.4. The molecule has 7 heteroatoms. The van der Waals surface area contributed by atoms with Crippen molar-refractivity contribution in [2.75, 3.05) is 32.6 Å². The number of rotatable bonds is 6. The lowest BCUT2D eigenvalue weighted by Gasteiger charge is -2.31. The number of urea groups is 1. The number of carboxylic acid groups (broad SMARTS) is 1. The van der Waals surface area contributed by atoms with Crippen LogP contribution in [-0.2, 0) is 9.53 Å². The average Bonchev–Trinajstić information content (AvgIpc) is 2.75. The molecule has 0 aromatic carbocycles. The minimum Gasteiger partial charge on any atom is -0.480 e. The third kappa shape index (κ3) is 3.87. The molecule has 1 aliphatic rings. The SMILES string of the molecule is C=CCN(CCOC)C(=O)N1C(C)SCC1C(=O)O. The molecule has 1 heterocycles. The molecular formula is C12H20N2O4S. The molecule has 0 spiro atoms. The van der Waals surface area contributed by atoms with Gasteiger partial charge in [0.05, 0.1) is 12.0 Å². The topological polar surface area (TPSA) is 70.1 Å². The summed E-state index contributed by atoms with van der Waals surface area (Å²) in [6, 6.07) is -1.04. The van der Waals surface area contributed by atoms with Crippen molar-refractivity contribution < 1.29 is 19.4 Å². The Kier molecular flexibility index (Phi) is 6.17. The van der Waals surface area contributed by atoms with E-state index in [4.69, 9.17) is 9.84 Å². The fourth-order valence-corrected chi connectivity index (χ4v) is 3.07. The number of carbonyl (C=O) groups is 2. The molecule has 0 aliphatic carbocycles. The zero-order valence-corrected chi connectivity index (χ0v) is 12.1. The molecule has 0 aromatic rings. The second kappa shape index (κ2) is 7.40. The highest BCUT2D eigenvalue weighted by Gasteiger charge is 2.41. The van der Waals surface area contributed by atoms with E-state index in [9.17, 15) is 9.59 Å². The smallest absolute Gasteiger partial charge is 0.327 e. The van der Waals surface area contributed by atoms with Crippen molar-refractivity contribution in [1.82, 2.24) is 9.80 Å². The van der Waals surface area contributed by atoms with Gasteiger partial charge in [0.25, 0.3) is 0 Å². The summed E-state index contributed by atoms with van der Waals surface area (Å²) in [7, 11) is 1.56. The van der Waals surface area contributed by atoms with Crippen LogP contribution in [0.25, 0.3) is 0 Å². The van der Waals surface area contributed by atoms with Crippen molar-refractivity contribution in [2.45, 2.75) is 18.3 Å². The van der Waals surface area contributed by atoms with E-state index in [2.05, 4.69) is 6.58 Å². The van der Waals surface area contributed by atoms with Gasteiger partial charge in [-0.3, -0.25) is 4.90 Å². The molecule has 6 nitrogen and oxygen atoms in total. The van der Waals surface area contributed by atoms with E-state index in [0.29, 0.717) is 25.4 Å². The Labute approximate surface area is 117 Å². The first-order valence-electron chi connectivity index (χ1n) is 6.04. The van der Waals surface area contributed by atoms with E-state index in [1.165, 1.54) is 16.7 Å². The highest BCUT2D eigenvalue weighted by molar-refractivity contribution is 8.00. The third-order valence-electron chi connectivity index (χ3n) is 2.91. The Morgan fingerprint density at radius 2 is 2.32 bits per heavy atom. The van der Waals surface area contributed by atoms with Gasteiger partial charge in [0, 0.05) is 26.0 Å². The second-order valence-corrected chi connectivity index (χ2v) is 5.55. The van der Waals surface area contributed by atoms with E-state index in [1.54, 1.807) is 18.1 Å². The van der Waals surface area contributed by atoms with E-state index >= 15 is 0 Å². The van der Waals surface area contributed by atoms with Crippen molar-refractivity contribution in [2.24, 2.45) is 0 Å². The van der Waals surface area contributed by atoms with Gasteiger partial charge in [-0.2, -0.15) is 0 Å². The quantitative estimate of drug-likeness (QED) is 0.741. The summed E-state index contributed by atoms with van der Waals surface area (Å²) >= 11 is 1.47. The number of aliphatic carboxylic acids is 1. The summed E-state index contributed by atoms with van der Waals surface area (Å²) in [5.74, 6) is -0.537. The lowest BCUT2D eigenvalue weighted by atomic mass is 10.3. The molecule has 2 atom stereocenters. The van der Waals surface area contributed by atoms with Gasteiger partial charge in [-0.1, -0.05) is 6.08 Å². The van der Waals surface area contributed by atoms with Crippen molar-refractivity contribution in [3.8, 4) is 0 Å². The summed E-state index contributed by atoms with van der Waals surface area (Å²) in [6.07, 6.45) is 1.62. The maximum Gasteiger partial charge on any atom is 0.327 e. The molecular weight excluding hydrogens is 268 g/mol. The van der Waals surface area contributed by atoms with Crippen molar-refractivity contribution in [3.63, 3.8) is 0 Å². The molecule has 1 rings (SSSR count). The van der Waals surface area contributed by atoms with Crippen LogP contribution in [0.2, 0.25) is 0 Å². The largest absolute Gasteiger partial charge is 0.480 e. The van der Waals surface area contributed by atoms with E-state index in [0.717, 1.165) is 0 Å². The molecule has 0 bridgehead atoms. The van der Waals surface area contributed by atoms with Crippen LogP contribution in [0.5, 0.6) is 0 Å². The van der Waals surface area contributed by atoms with E-state index < -0.39 is 12.0 Å². The van der Waals surface area contributed by atoms with E-state index in [1.807, 2.05) is 6.92 Å². The summed E-state index contributed by atoms with van der Waals surface area (Å²) < 4.78 is 4.96. The van der Waals surface area contributed by atoms with Crippen LogP contribution in [0.15, 0.2) is 12.7 Å². The monoisotopic (exact) mass is 288 g/mol. The van der Waals surface area contributed by atoms with Gasteiger partial charge >= 0.3 is 12.0 Å². The van der Waals surface area contributed by atoms with Gasteiger partial charge in [-0.25, -0.2) is 9.59 Å². The summed E-state index contributed by atoms with van der Waals surface area (Å²) in [5, 5.41) is 9.03. The molecule has 1 fully saturated rings. The third-order valence-corrected chi connectivity index (χ3v) is 4.13. The van der Waals surface area contributed by atoms with Crippen LogP contribution < -0.4 is 0 Å². The predicted molar refractivity (Wildman–Crippen MR) is 74.2 cm³/mol. The van der Waals surface area contributed by atoms with Crippen molar-refractivity contribution >= 4 is 23.8 Å². The van der Waals surface area contributed by atoms with Gasteiger partial charge in [0.15, 0.2) is 0 Å². The summed E-state index contributed by atoms with van der Waals surface area (Å²) in [4.78, 5) is 26.6. The van der Waals surface area contributed by atoms with Crippen molar-refractivity contribution in [1.29, 1.82) is 0 Å². The minimum absolute atomic E-state index is 0.136. The highest BCUT2D eigenvalue weighted by Crippen LogP contribution is 2.29. The standard InChI is InChI=1S/C12H20N2O4S/c1-4-5-13(6-7-18-3)12(17)14-9(2)19-8-10(14)11(15)16/h4,9-10H,1,5-8H2,2-3H3,(H,15,16).